The third-order valence-electron chi connectivity index (χ3n) is 2.68. The standard InChI is InChI=1S/C11H23NO2S/c1-6-9(7-15-5)12(4)8-11(2,3)10(13)14/h9H,6-8H2,1-5H3,(H,13,14). The maximum absolute atomic E-state index is 11.0. The SMILES string of the molecule is CCC(CSC)N(C)CC(C)(C)C(=O)O. The van der Waals surface area contributed by atoms with E-state index in [1.54, 1.807) is 13.8 Å². The van der Waals surface area contributed by atoms with Gasteiger partial charge in [0, 0.05) is 18.3 Å². The number of hydrogen-bond acceptors (Lipinski definition) is 3. The Morgan fingerprint density at radius 3 is 2.40 bits per heavy atom. The highest BCUT2D eigenvalue weighted by Gasteiger charge is 2.30. The van der Waals surface area contributed by atoms with Crippen molar-refractivity contribution in [3.63, 3.8) is 0 Å². The average molecular weight is 233 g/mol. The number of hydrogen-bond donors (Lipinski definition) is 1. The van der Waals surface area contributed by atoms with Crippen LogP contribution in [-0.4, -0.2) is 47.6 Å². The van der Waals surface area contributed by atoms with Crippen molar-refractivity contribution in [2.24, 2.45) is 5.41 Å². The van der Waals surface area contributed by atoms with Crippen LogP contribution in [0.5, 0.6) is 0 Å². The first-order chi connectivity index (χ1) is 6.85. The second kappa shape index (κ2) is 6.38. The van der Waals surface area contributed by atoms with Gasteiger partial charge in [0.15, 0.2) is 0 Å². The van der Waals surface area contributed by atoms with E-state index in [0.29, 0.717) is 12.6 Å². The van der Waals surface area contributed by atoms with Gasteiger partial charge in [0.25, 0.3) is 0 Å². The highest BCUT2D eigenvalue weighted by molar-refractivity contribution is 7.98. The smallest absolute Gasteiger partial charge is 0.310 e. The third kappa shape index (κ3) is 4.89. The van der Waals surface area contributed by atoms with Gasteiger partial charge in [0.1, 0.15) is 0 Å². The summed E-state index contributed by atoms with van der Waals surface area (Å²) in [5.74, 6) is 0.330. The first-order valence-corrected chi connectivity index (χ1v) is 6.67. The number of rotatable bonds is 7. The minimum absolute atomic E-state index is 0.471. The van der Waals surface area contributed by atoms with Crippen LogP contribution < -0.4 is 0 Å². The molecule has 0 aliphatic carbocycles. The molecule has 1 unspecified atom stereocenters. The number of carboxylic acid groups (broad SMARTS) is 1. The van der Waals surface area contributed by atoms with Crippen molar-refractivity contribution in [1.82, 2.24) is 4.90 Å². The highest BCUT2D eigenvalue weighted by atomic mass is 32.2. The van der Waals surface area contributed by atoms with Gasteiger partial charge in [-0.25, -0.2) is 0 Å². The third-order valence-corrected chi connectivity index (χ3v) is 3.40. The molecule has 0 spiro atoms. The molecule has 1 atom stereocenters. The zero-order valence-corrected chi connectivity index (χ0v) is 11.2. The van der Waals surface area contributed by atoms with Crippen LogP contribution in [0.3, 0.4) is 0 Å². The summed E-state index contributed by atoms with van der Waals surface area (Å²) in [6.45, 7) is 6.29. The molecule has 0 saturated carbocycles. The van der Waals surface area contributed by atoms with Crippen molar-refractivity contribution < 1.29 is 9.90 Å². The molecule has 3 nitrogen and oxygen atoms in total. The van der Waals surface area contributed by atoms with E-state index in [-0.39, 0.29) is 0 Å². The molecule has 0 rings (SSSR count). The molecule has 15 heavy (non-hydrogen) atoms. The Labute approximate surface area is 97.2 Å². The van der Waals surface area contributed by atoms with E-state index in [1.165, 1.54) is 0 Å². The highest BCUT2D eigenvalue weighted by Crippen LogP contribution is 2.19. The van der Waals surface area contributed by atoms with E-state index in [0.717, 1.165) is 12.2 Å². The lowest BCUT2D eigenvalue weighted by Crippen LogP contribution is -2.43. The average Bonchev–Trinajstić information content (AvgIpc) is 2.12. The fourth-order valence-electron chi connectivity index (χ4n) is 1.57. The van der Waals surface area contributed by atoms with Crippen LogP contribution in [0.25, 0.3) is 0 Å². The molecular weight excluding hydrogens is 210 g/mol. The van der Waals surface area contributed by atoms with Crippen molar-refractivity contribution in [1.29, 1.82) is 0 Å². The van der Waals surface area contributed by atoms with Crippen LogP contribution in [0.4, 0.5) is 0 Å². The van der Waals surface area contributed by atoms with Crippen LogP contribution in [0.1, 0.15) is 27.2 Å². The monoisotopic (exact) mass is 233 g/mol. The maximum atomic E-state index is 11.0. The summed E-state index contributed by atoms with van der Waals surface area (Å²) < 4.78 is 0. The second-order valence-corrected chi connectivity index (χ2v) is 5.53. The lowest BCUT2D eigenvalue weighted by molar-refractivity contribution is -0.148. The normalized spacial score (nSPS) is 14.3. The topological polar surface area (TPSA) is 40.5 Å². The summed E-state index contributed by atoms with van der Waals surface area (Å²) >= 11 is 1.81. The Kier molecular flexibility index (Phi) is 6.29. The minimum Gasteiger partial charge on any atom is -0.481 e. The van der Waals surface area contributed by atoms with Gasteiger partial charge in [-0.15, -0.1) is 0 Å². The van der Waals surface area contributed by atoms with Gasteiger partial charge < -0.3 is 10.0 Å². The van der Waals surface area contributed by atoms with Gasteiger partial charge in [-0.1, -0.05) is 6.92 Å². The van der Waals surface area contributed by atoms with E-state index in [9.17, 15) is 4.79 Å². The van der Waals surface area contributed by atoms with Gasteiger partial charge in [-0.05, 0) is 33.6 Å². The van der Waals surface area contributed by atoms with E-state index < -0.39 is 11.4 Å². The summed E-state index contributed by atoms with van der Waals surface area (Å²) in [5, 5.41) is 9.04. The lowest BCUT2D eigenvalue weighted by Gasteiger charge is -2.32. The second-order valence-electron chi connectivity index (χ2n) is 4.62. The van der Waals surface area contributed by atoms with Gasteiger partial charge in [0.2, 0.25) is 0 Å². The zero-order chi connectivity index (χ0) is 12.1. The zero-order valence-electron chi connectivity index (χ0n) is 10.4. The molecule has 0 aromatic carbocycles. The van der Waals surface area contributed by atoms with E-state index >= 15 is 0 Å². The molecule has 0 aromatic heterocycles. The van der Waals surface area contributed by atoms with Gasteiger partial charge in [-0.3, -0.25) is 4.79 Å². The number of thioether (sulfide) groups is 1. The summed E-state index contributed by atoms with van der Waals surface area (Å²) in [5.41, 5.74) is -0.666. The molecule has 0 bridgehead atoms. The van der Waals surface area contributed by atoms with Gasteiger partial charge >= 0.3 is 5.97 Å². The molecule has 0 aromatic rings. The first-order valence-electron chi connectivity index (χ1n) is 5.27. The van der Waals surface area contributed by atoms with Crippen LogP contribution in [0.2, 0.25) is 0 Å². The van der Waals surface area contributed by atoms with Gasteiger partial charge in [0.05, 0.1) is 5.41 Å². The molecule has 0 aliphatic rings. The Hall–Kier alpha value is -0.220. The quantitative estimate of drug-likeness (QED) is 0.731. The van der Waals surface area contributed by atoms with Crippen LogP contribution in [0, 0.1) is 5.41 Å². The summed E-state index contributed by atoms with van der Waals surface area (Å²) in [7, 11) is 2.01. The molecule has 0 amide bonds. The molecule has 0 saturated heterocycles. The van der Waals surface area contributed by atoms with Crippen LogP contribution >= 0.6 is 11.8 Å². The van der Waals surface area contributed by atoms with Crippen molar-refractivity contribution in [2.75, 3.05) is 25.6 Å². The van der Waals surface area contributed by atoms with E-state index in [1.807, 2.05) is 18.8 Å². The minimum atomic E-state index is -0.728. The fraction of sp³-hybridized carbons (Fsp3) is 0.909. The predicted octanol–water partition coefficient (Wildman–Crippen LogP) is 2.17. The molecular formula is C11H23NO2S. The predicted molar refractivity (Wildman–Crippen MR) is 66.5 cm³/mol. The Morgan fingerprint density at radius 1 is 1.53 bits per heavy atom. The number of nitrogens with zero attached hydrogens (tertiary/aromatic N) is 1. The summed E-state index contributed by atoms with van der Waals surface area (Å²) in [6.07, 6.45) is 3.14. The Balaban J connectivity index is 4.32. The Bertz CT molecular complexity index is 207. The van der Waals surface area contributed by atoms with Crippen molar-refractivity contribution in [3.8, 4) is 0 Å². The number of carbonyl (C=O) groups is 1. The van der Waals surface area contributed by atoms with Crippen molar-refractivity contribution in [3.05, 3.63) is 0 Å². The van der Waals surface area contributed by atoms with Crippen molar-refractivity contribution in [2.45, 2.75) is 33.2 Å². The fourth-order valence-corrected chi connectivity index (χ4v) is 2.44. The Morgan fingerprint density at radius 2 is 2.07 bits per heavy atom. The molecule has 0 heterocycles. The van der Waals surface area contributed by atoms with Crippen molar-refractivity contribution >= 4 is 17.7 Å². The largest absolute Gasteiger partial charge is 0.481 e. The van der Waals surface area contributed by atoms with E-state index in [4.69, 9.17) is 5.11 Å². The van der Waals surface area contributed by atoms with Gasteiger partial charge in [-0.2, -0.15) is 11.8 Å². The maximum Gasteiger partial charge on any atom is 0.310 e. The molecule has 0 aliphatic heterocycles. The van der Waals surface area contributed by atoms with Crippen LogP contribution in [0.15, 0.2) is 0 Å². The van der Waals surface area contributed by atoms with E-state index in [2.05, 4.69) is 18.1 Å². The van der Waals surface area contributed by atoms with Crippen LogP contribution in [-0.2, 0) is 4.79 Å². The molecule has 90 valence electrons. The number of aliphatic carboxylic acids is 1. The summed E-state index contributed by atoms with van der Waals surface area (Å²) in [4.78, 5) is 13.2. The number of carboxylic acids is 1. The molecule has 4 heteroatoms. The molecule has 1 N–H and O–H groups in total. The molecule has 0 fully saturated rings. The lowest BCUT2D eigenvalue weighted by atomic mass is 9.92. The summed E-state index contributed by atoms with van der Waals surface area (Å²) in [6, 6.07) is 0.471. The first kappa shape index (κ1) is 14.8. The molecule has 0 radical (unpaired) electrons.